The van der Waals surface area contributed by atoms with Crippen molar-refractivity contribution in [1.82, 2.24) is 20.6 Å². The average molecular weight is 471 g/mol. The van der Waals surface area contributed by atoms with Crippen molar-refractivity contribution in [2.45, 2.75) is 32.2 Å². The molecule has 1 aliphatic rings. The van der Waals surface area contributed by atoms with Gasteiger partial charge < -0.3 is 32.0 Å². The molecule has 1 heterocycles. The SMILES string of the molecule is CCC1CC(Nc2nc(N/C(C=N)=C/NC)ncc2Cl)CC1CNC(=O)Nc1ccccc1. The highest BCUT2D eigenvalue weighted by molar-refractivity contribution is 6.32. The van der Waals surface area contributed by atoms with Gasteiger partial charge in [0.1, 0.15) is 5.02 Å². The molecular formula is C23H31ClN8O. The Morgan fingerprint density at radius 3 is 2.67 bits per heavy atom. The molecule has 6 N–H and O–H groups in total. The minimum absolute atomic E-state index is 0.189. The third-order valence-corrected chi connectivity index (χ3v) is 6.00. The standard InChI is InChI=1S/C23H31ClN8O/c1-3-15-9-18(10-16(15)12-28-23(33)31-17-7-5-4-6-8-17)29-21-20(24)14-27-22(32-21)30-19(11-25)13-26-2/h4-8,11,13-16,18,25-26H,3,9-10,12H2,1-2H3,(H2,28,31,33)(H2,27,29,30,32)/b19-13+,25-11?. The molecule has 3 unspecified atom stereocenters. The van der Waals surface area contributed by atoms with E-state index in [1.54, 1.807) is 19.4 Å². The Balaban J connectivity index is 1.57. The number of anilines is 3. The molecule has 176 valence electrons. The number of nitrogens with one attached hydrogen (secondary N) is 6. The fraction of sp³-hybridized carbons (Fsp3) is 0.391. The summed E-state index contributed by atoms with van der Waals surface area (Å²) in [5, 5.41) is 23.1. The summed E-state index contributed by atoms with van der Waals surface area (Å²) in [5.41, 5.74) is 1.30. The van der Waals surface area contributed by atoms with Crippen molar-refractivity contribution in [2.75, 3.05) is 29.5 Å². The van der Waals surface area contributed by atoms with Gasteiger partial charge in [-0.1, -0.05) is 43.1 Å². The molecule has 0 spiro atoms. The highest BCUT2D eigenvalue weighted by atomic mass is 35.5. The summed E-state index contributed by atoms with van der Waals surface area (Å²) in [4.78, 5) is 21.0. The maximum Gasteiger partial charge on any atom is 0.319 e. The van der Waals surface area contributed by atoms with Gasteiger partial charge in [-0.15, -0.1) is 0 Å². The number of hydrogen-bond acceptors (Lipinski definition) is 7. The zero-order valence-corrected chi connectivity index (χ0v) is 19.6. The first-order valence-corrected chi connectivity index (χ1v) is 11.4. The van der Waals surface area contributed by atoms with Crippen molar-refractivity contribution >= 4 is 41.3 Å². The number of aromatic nitrogens is 2. The summed E-state index contributed by atoms with van der Waals surface area (Å²) in [6.07, 6.45) is 7.27. The van der Waals surface area contributed by atoms with Gasteiger partial charge in [0.25, 0.3) is 0 Å². The largest absolute Gasteiger partial charge is 0.392 e. The van der Waals surface area contributed by atoms with Crippen molar-refractivity contribution in [3.8, 4) is 0 Å². The second kappa shape index (κ2) is 12.1. The number of para-hydroxylation sites is 1. The number of carbonyl (C=O) groups excluding carboxylic acids is 1. The molecule has 10 heteroatoms. The number of amides is 2. The number of nitrogens with zero attached hydrogens (tertiary/aromatic N) is 2. The number of halogens is 1. The molecule has 1 aromatic heterocycles. The highest BCUT2D eigenvalue weighted by Gasteiger charge is 2.33. The van der Waals surface area contributed by atoms with Crippen LogP contribution in [0.25, 0.3) is 0 Å². The molecular weight excluding hydrogens is 440 g/mol. The maximum atomic E-state index is 12.3. The van der Waals surface area contributed by atoms with Crippen LogP contribution in [0, 0.1) is 17.2 Å². The van der Waals surface area contributed by atoms with Crippen LogP contribution in [-0.2, 0) is 0 Å². The van der Waals surface area contributed by atoms with Crippen LogP contribution in [-0.4, -0.2) is 41.8 Å². The third-order valence-electron chi connectivity index (χ3n) is 5.72. The quantitative estimate of drug-likeness (QED) is 0.287. The van der Waals surface area contributed by atoms with Crippen LogP contribution in [0.15, 0.2) is 48.4 Å². The van der Waals surface area contributed by atoms with Crippen LogP contribution in [0.1, 0.15) is 26.2 Å². The predicted octanol–water partition coefficient (Wildman–Crippen LogP) is 4.29. The second-order valence-corrected chi connectivity index (χ2v) is 8.40. The lowest BCUT2D eigenvalue weighted by atomic mass is 9.94. The first kappa shape index (κ1) is 24.3. The molecule has 3 atom stereocenters. The molecule has 2 amide bonds. The molecule has 0 aliphatic heterocycles. The van der Waals surface area contributed by atoms with E-state index in [4.69, 9.17) is 17.0 Å². The Labute approximate surface area is 199 Å². The minimum atomic E-state index is -0.196. The van der Waals surface area contributed by atoms with Crippen LogP contribution in [0.5, 0.6) is 0 Å². The number of hydrogen-bond donors (Lipinski definition) is 6. The van der Waals surface area contributed by atoms with Gasteiger partial charge in [0.2, 0.25) is 5.95 Å². The van der Waals surface area contributed by atoms with E-state index < -0.39 is 0 Å². The first-order chi connectivity index (χ1) is 16.0. The average Bonchev–Trinajstić information content (AvgIpc) is 3.22. The lowest BCUT2D eigenvalue weighted by Gasteiger charge is -2.18. The van der Waals surface area contributed by atoms with Gasteiger partial charge in [-0.05, 0) is 36.8 Å². The van der Waals surface area contributed by atoms with E-state index >= 15 is 0 Å². The maximum absolute atomic E-state index is 12.3. The van der Waals surface area contributed by atoms with Crippen molar-refractivity contribution in [2.24, 2.45) is 11.8 Å². The molecule has 1 fully saturated rings. The summed E-state index contributed by atoms with van der Waals surface area (Å²) in [6.45, 7) is 2.79. The summed E-state index contributed by atoms with van der Waals surface area (Å²) in [6, 6.07) is 9.40. The lowest BCUT2D eigenvalue weighted by Crippen LogP contribution is -2.34. The second-order valence-electron chi connectivity index (χ2n) is 7.99. The van der Waals surface area contributed by atoms with E-state index in [9.17, 15) is 4.79 Å². The summed E-state index contributed by atoms with van der Waals surface area (Å²) in [5.74, 6) is 1.75. The van der Waals surface area contributed by atoms with E-state index in [2.05, 4.69) is 43.5 Å². The monoisotopic (exact) mass is 470 g/mol. The minimum Gasteiger partial charge on any atom is -0.392 e. The Kier molecular flexibility index (Phi) is 8.88. The first-order valence-electron chi connectivity index (χ1n) is 11.1. The normalized spacial score (nSPS) is 20.1. The van der Waals surface area contributed by atoms with Crippen LogP contribution in [0.4, 0.5) is 22.2 Å². The van der Waals surface area contributed by atoms with E-state index in [1.807, 2.05) is 30.3 Å². The Morgan fingerprint density at radius 1 is 1.21 bits per heavy atom. The summed E-state index contributed by atoms with van der Waals surface area (Å²) in [7, 11) is 1.75. The van der Waals surface area contributed by atoms with Gasteiger partial charge in [0.05, 0.1) is 11.9 Å². The molecule has 1 aliphatic carbocycles. The third kappa shape index (κ3) is 7.08. The van der Waals surface area contributed by atoms with E-state index in [1.165, 1.54) is 6.21 Å². The van der Waals surface area contributed by atoms with Crippen molar-refractivity contribution in [1.29, 1.82) is 5.41 Å². The molecule has 0 saturated heterocycles. The van der Waals surface area contributed by atoms with Crippen LogP contribution < -0.4 is 26.6 Å². The molecule has 1 aromatic carbocycles. The van der Waals surface area contributed by atoms with Crippen molar-refractivity contribution < 1.29 is 4.79 Å². The van der Waals surface area contributed by atoms with Crippen molar-refractivity contribution in [3.63, 3.8) is 0 Å². The number of urea groups is 1. The van der Waals surface area contributed by atoms with Gasteiger partial charge in [-0.2, -0.15) is 4.98 Å². The molecule has 0 radical (unpaired) electrons. The molecule has 0 bridgehead atoms. The predicted molar refractivity (Wildman–Crippen MR) is 134 cm³/mol. The van der Waals surface area contributed by atoms with Crippen LogP contribution >= 0.6 is 11.6 Å². The van der Waals surface area contributed by atoms with Gasteiger partial charge in [-0.25, -0.2) is 9.78 Å². The van der Waals surface area contributed by atoms with Crippen LogP contribution in [0.3, 0.4) is 0 Å². The zero-order chi connectivity index (χ0) is 23.6. The molecule has 2 aromatic rings. The highest BCUT2D eigenvalue weighted by Crippen LogP contribution is 2.36. The van der Waals surface area contributed by atoms with Crippen molar-refractivity contribution in [3.05, 3.63) is 53.4 Å². The Hall–Kier alpha value is -3.33. The summed E-state index contributed by atoms with van der Waals surface area (Å²) < 4.78 is 0. The summed E-state index contributed by atoms with van der Waals surface area (Å²) >= 11 is 6.34. The topological polar surface area (TPSA) is 127 Å². The molecule has 3 rings (SSSR count). The van der Waals surface area contributed by atoms with E-state index in [0.717, 1.165) is 24.9 Å². The smallest absolute Gasteiger partial charge is 0.319 e. The van der Waals surface area contributed by atoms with Crippen LogP contribution in [0.2, 0.25) is 5.02 Å². The lowest BCUT2D eigenvalue weighted by molar-refractivity contribution is 0.248. The number of carbonyl (C=O) groups is 1. The van der Waals surface area contributed by atoms with E-state index in [-0.39, 0.29) is 12.1 Å². The zero-order valence-electron chi connectivity index (χ0n) is 18.9. The van der Waals surface area contributed by atoms with Gasteiger partial charge in [0, 0.05) is 37.7 Å². The van der Waals surface area contributed by atoms with Gasteiger partial charge >= 0.3 is 6.03 Å². The fourth-order valence-electron chi connectivity index (χ4n) is 4.12. The number of benzene rings is 1. The molecule has 33 heavy (non-hydrogen) atoms. The fourth-order valence-corrected chi connectivity index (χ4v) is 4.27. The van der Waals surface area contributed by atoms with Gasteiger partial charge in [0.15, 0.2) is 5.82 Å². The van der Waals surface area contributed by atoms with E-state index in [0.29, 0.717) is 40.9 Å². The molecule has 9 nitrogen and oxygen atoms in total. The number of rotatable bonds is 10. The Bertz CT molecular complexity index is 968. The Morgan fingerprint density at radius 2 is 1.97 bits per heavy atom. The molecule has 1 saturated carbocycles. The van der Waals surface area contributed by atoms with Gasteiger partial charge in [-0.3, -0.25) is 0 Å². The number of allylic oxidation sites excluding steroid dienone is 1.